The zero-order valence-electron chi connectivity index (χ0n) is 10.6. The highest BCUT2D eigenvalue weighted by molar-refractivity contribution is 5.93. The van der Waals surface area contributed by atoms with E-state index in [0.29, 0.717) is 12.2 Å². The van der Waals surface area contributed by atoms with Gasteiger partial charge in [-0.15, -0.1) is 0 Å². The molecule has 1 rings (SSSR count). The lowest BCUT2D eigenvalue weighted by molar-refractivity contribution is 0.218. The molecule has 0 atom stereocenters. The predicted molar refractivity (Wildman–Crippen MR) is 70.7 cm³/mol. The molecule has 0 aliphatic heterocycles. The number of oxime groups is 1. The first-order chi connectivity index (χ1) is 9.06. The second kappa shape index (κ2) is 7.20. The number of anilines is 1. The van der Waals surface area contributed by atoms with E-state index in [1.165, 1.54) is 29.2 Å². The Morgan fingerprint density at radius 1 is 1.47 bits per heavy atom. The van der Waals surface area contributed by atoms with Gasteiger partial charge in [0.25, 0.3) is 0 Å². The van der Waals surface area contributed by atoms with Crippen molar-refractivity contribution in [2.45, 2.75) is 13.3 Å². The fourth-order valence-corrected chi connectivity index (χ4v) is 1.49. The standard InChI is InChI=1S/C12H17FN4O2/c1-2-7-17(8-11(14)16-19)12(18)15-10-5-3-9(13)4-6-10/h3-6,19H,2,7-8H2,1H3,(H2,14,16)(H,15,18). The van der Waals surface area contributed by atoms with Gasteiger partial charge in [-0.3, -0.25) is 0 Å². The Bertz CT molecular complexity index is 448. The molecular weight excluding hydrogens is 251 g/mol. The minimum Gasteiger partial charge on any atom is -0.409 e. The molecule has 0 bridgehead atoms. The minimum absolute atomic E-state index is 0.0252. The third-order valence-corrected chi connectivity index (χ3v) is 2.36. The van der Waals surface area contributed by atoms with E-state index in [2.05, 4.69) is 10.5 Å². The summed E-state index contributed by atoms with van der Waals surface area (Å²) in [5.74, 6) is -0.428. The minimum atomic E-state index is -0.389. The van der Waals surface area contributed by atoms with Gasteiger partial charge < -0.3 is 21.2 Å². The summed E-state index contributed by atoms with van der Waals surface area (Å²) in [4.78, 5) is 13.4. The van der Waals surface area contributed by atoms with Gasteiger partial charge in [-0.05, 0) is 30.7 Å². The number of benzene rings is 1. The molecular formula is C12H17FN4O2. The summed E-state index contributed by atoms with van der Waals surface area (Å²) in [5, 5.41) is 14.0. The Labute approximate surface area is 110 Å². The average Bonchev–Trinajstić information content (AvgIpc) is 2.40. The predicted octanol–water partition coefficient (Wildman–Crippen LogP) is 1.82. The maximum absolute atomic E-state index is 12.7. The monoisotopic (exact) mass is 268 g/mol. The van der Waals surface area contributed by atoms with Gasteiger partial charge in [0.2, 0.25) is 0 Å². The number of nitrogens with one attached hydrogen (secondary N) is 1. The first-order valence-electron chi connectivity index (χ1n) is 5.84. The first kappa shape index (κ1) is 14.7. The summed E-state index contributed by atoms with van der Waals surface area (Å²) in [6.07, 6.45) is 0.732. The molecule has 0 saturated heterocycles. The summed E-state index contributed by atoms with van der Waals surface area (Å²) in [7, 11) is 0. The Morgan fingerprint density at radius 2 is 2.11 bits per heavy atom. The highest BCUT2D eigenvalue weighted by atomic mass is 19.1. The number of nitrogens with two attached hydrogens (primary N) is 1. The number of nitrogens with zero attached hydrogens (tertiary/aromatic N) is 2. The number of halogens is 1. The second-order valence-electron chi connectivity index (χ2n) is 3.95. The molecule has 19 heavy (non-hydrogen) atoms. The summed E-state index contributed by atoms with van der Waals surface area (Å²) in [5.41, 5.74) is 5.86. The summed E-state index contributed by atoms with van der Waals surface area (Å²) in [6, 6.07) is 5.04. The maximum atomic E-state index is 12.7. The number of carbonyl (C=O) groups is 1. The third-order valence-electron chi connectivity index (χ3n) is 2.36. The van der Waals surface area contributed by atoms with Crippen LogP contribution in [0.25, 0.3) is 0 Å². The summed E-state index contributed by atoms with van der Waals surface area (Å²) in [6.45, 7) is 2.39. The Morgan fingerprint density at radius 3 is 2.63 bits per heavy atom. The SMILES string of the molecule is CCCN(CC(N)=NO)C(=O)Nc1ccc(F)cc1. The van der Waals surface area contributed by atoms with Crippen LogP contribution in [0.2, 0.25) is 0 Å². The Balaban J connectivity index is 2.68. The molecule has 6 nitrogen and oxygen atoms in total. The van der Waals surface area contributed by atoms with Gasteiger partial charge in [0.15, 0.2) is 5.84 Å². The van der Waals surface area contributed by atoms with Crippen LogP contribution in [0.15, 0.2) is 29.4 Å². The molecule has 0 spiro atoms. The molecule has 1 aromatic rings. The number of hydrogen-bond donors (Lipinski definition) is 3. The van der Waals surface area contributed by atoms with Crippen LogP contribution < -0.4 is 11.1 Å². The van der Waals surface area contributed by atoms with Crippen molar-refractivity contribution in [3.05, 3.63) is 30.1 Å². The van der Waals surface area contributed by atoms with E-state index in [-0.39, 0.29) is 24.2 Å². The first-order valence-corrected chi connectivity index (χ1v) is 5.84. The number of hydrogen-bond acceptors (Lipinski definition) is 3. The normalized spacial score (nSPS) is 11.2. The zero-order valence-corrected chi connectivity index (χ0v) is 10.6. The lowest BCUT2D eigenvalue weighted by Gasteiger charge is -2.21. The van der Waals surface area contributed by atoms with Gasteiger partial charge in [0, 0.05) is 12.2 Å². The van der Waals surface area contributed by atoms with Crippen LogP contribution in [-0.4, -0.2) is 35.1 Å². The molecule has 0 aliphatic rings. The van der Waals surface area contributed by atoms with Crippen molar-refractivity contribution >= 4 is 17.6 Å². The molecule has 4 N–H and O–H groups in total. The van der Waals surface area contributed by atoms with Crippen LogP contribution in [0.4, 0.5) is 14.9 Å². The second-order valence-corrected chi connectivity index (χ2v) is 3.95. The number of carbonyl (C=O) groups excluding carboxylic acids is 1. The smallest absolute Gasteiger partial charge is 0.322 e. The van der Waals surface area contributed by atoms with E-state index in [1.807, 2.05) is 6.92 Å². The van der Waals surface area contributed by atoms with Crippen molar-refractivity contribution in [3.8, 4) is 0 Å². The van der Waals surface area contributed by atoms with E-state index < -0.39 is 0 Å². The van der Waals surface area contributed by atoms with Crippen LogP contribution >= 0.6 is 0 Å². The van der Waals surface area contributed by atoms with Crippen LogP contribution in [0.3, 0.4) is 0 Å². The topological polar surface area (TPSA) is 90.9 Å². The van der Waals surface area contributed by atoms with E-state index in [1.54, 1.807) is 0 Å². The van der Waals surface area contributed by atoms with E-state index in [0.717, 1.165) is 6.42 Å². The highest BCUT2D eigenvalue weighted by Crippen LogP contribution is 2.09. The largest absolute Gasteiger partial charge is 0.409 e. The van der Waals surface area contributed by atoms with Gasteiger partial charge in [-0.25, -0.2) is 9.18 Å². The van der Waals surface area contributed by atoms with Gasteiger partial charge in [0.05, 0.1) is 6.54 Å². The molecule has 7 heteroatoms. The van der Waals surface area contributed by atoms with Gasteiger partial charge in [0.1, 0.15) is 5.82 Å². The van der Waals surface area contributed by atoms with Crippen molar-refractivity contribution in [1.29, 1.82) is 0 Å². The van der Waals surface area contributed by atoms with Gasteiger partial charge in [-0.1, -0.05) is 12.1 Å². The van der Waals surface area contributed by atoms with E-state index in [9.17, 15) is 9.18 Å². The molecule has 0 aromatic heterocycles. The van der Waals surface area contributed by atoms with Crippen LogP contribution in [0.5, 0.6) is 0 Å². The van der Waals surface area contributed by atoms with E-state index >= 15 is 0 Å². The average molecular weight is 268 g/mol. The summed E-state index contributed by atoms with van der Waals surface area (Å²) < 4.78 is 12.7. The molecule has 0 unspecified atom stereocenters. The fraction of sp³-hybridized carbons (Fsp3) is 0.333. The molecule has 0 radical (unpaired) electrons. The van der Waals surface area contributed by atoms with Crippen LogP contribution in [-0.2, 0) is 0 Å². The molecule has 2 amide bonds. The lowest BCUT2D eigenvalue weighted by atomic mass is 10.3. The molecule has 0 heterocycles. The quantitative estimate of drug-likeness (QED) is 0.329. The maximum Gasteiger partial charge on any atom is 0.322 e. The van der Waals surface area contributed by atoms with Crippen molar-refractivity contribution in [1.82, 2.24) is 4.90 Å². The molecule has 0 fully saturated rings. The number of amides is 2. The number of amidine groups is 1. The zero-order chi connectivity index (χ0) is 14.3. The van der Waals surface area contributed by atoms with Crippen molar-refractivity contribution in [2.24, 2.45) is 10.9 Å². The van der Waals surface area contributed by atoms with Crippen LogP contribution in [0, 0.1) is 5.82 Å². The van der Waals surface area contributed by atoms with Crippen molar-refractivity contribution in [2.75, 3.05) is 18.4 Å². The number of urea groups is 1. The number of rotatable bonds is 5. The molecule has 0 saturated carbocycles. The fourth-order valence-electron chi connectivity index (χ4n) is 1.49. The Hall–Kier alpha value is -2.31. The van der Waals surface area contributed by atoms with Crippen molar-refractivity contribution in [3.63, 3.8) is 0 Å². The Kier molecular flexibility index (Phi) is 5.59. The van der Waals surface area contributed by atoms with Crippen molar-refractivity contribution < 1.29 is 14.4 Å². The molecule has 0 aliphatic carbocycles. The van der Waals surface area contributed by atoms with Crippen LogP contribution in [0.1, 0.15) is 13.3 Å². The van der Waals surface area contributed by atoms with Gasteiger partial charge in [-0.2, -0.15) is 0 Å². The third kappa shape index (κ3) is 4.82. The van der Waals surface area contributed by atoms with E-state index in [4.69, 9.17) is 10.9 Å². The molecule has 1 aromatic carbocycles. The van der Waals surface area contributed by atoms with Gasteiger partial charge >= 0.3 is 6.03 Å². The molecule has 104 valence electrons. The summed E-state index contributed by atoms with van der Waals surface area (Å²) >= 11 is 0. The lowest BCUT2D eigenvalue weighted by Crippen LogP contribution is -2.41. The highest BCUT2D eigenvalue weighted by Gasteiger charge is 2.14.